The number of H-pyrrole nitrogens is 1. The minimum absolute atomic E-state index is 0.0135. The highest BCUT2D eigenvalue weighted by Gasteiger charge is 2.27. The van der Waals surface area contributed by atoms with Crippen LogP contribution in [0, 0.1) is 6.92 Å². The van der Waals surface area contributed by atoms with Crippen LogP contribution in [0.1, 0.15) is 66.0 Å². The molecular weight excluding hydrogens is 446 g/mol. The predicted octanol–water partition coefficient (Wildman–Crippen LogP) is 3.58. The highest BCUT2D eigenvalue weighted by atomic mass is 32.2. The van der Waals surface area contributed by atoms with E-state index in [9.17, 15) is 9.59 Å². The predicted molar refractivity (Wildman–Crippen MR) is 125 cm³/mol. The van der Waals surface area contributed by atoms with E-state index >= 15 is 0 Å². The summed E-state index contributed by atoms with van der Waals surface area (Å²) < 4.78 is 5.28. The smallest absolute Gasteiger partial charge is 0.259 e. The van der Waals surface area contributed by atoms with Gasteiger partial charge in [-0.3, -0.25) is 9.59 Å². The molecule has 0 radical (unpaired) electrons. The molecule has 8 nitrogen and oxygen atoms in total. The molecule has 10 heteroatoms. The number of nitrogens with one attached hydrogen (secondary N) is 1. The normalized spacial score (nSPS) is 17.1. The molecule has 1 saturated heterocycles. The second kappa shape index (κ2) is 9.35. The van der Waals surface area contributed by atoms with Crippen molar-refractivity contribution in [3.63, 3.8) is 0 Å². The maximum absolute atomic E-state index is 12.6. The molecule has 2 aliphatic rings. The average Bonchev–Trinajstić information content (AvgIpc) is 3.40. The lowest BCUT2D eigenvalue weighted by Gasteiger charge is -2.30. The summed E-state index contributed by atoms with van der Waals surface area (Å²) in [6.07, 6.45) is 6.61. The standard InChI is InChI=1S/C22H27N5O3S2/c1-13-23-21(30-26-13)14-6-9-27(10-7-14)18(28)8-11-31-12-17-24-20(29)19-15-4-2-3-5-16(15)32-22(19)25-17/h14H,2-12H2,1H3,(H,24,25,29). The van der Waals surface area contributed by atoms with Crippen LogP contribution in [-0.2, 0) is 23.4 Å². The quantitative estimate of drug-likeness (QED) is 0.546. The van der Waals surface area contributed by atoms with Gasteiger partial charge in [0.05, 0.1) is 11.1 Å². The Bertz CT molecular complexity index is 1180. The Hall–Kier alpha value is -2.20. The number of carbonyl (C=O) groups is 1. The fraction of sp³-hybridized carbons (Fsp3) is 0.591. The summed E-state index contributed by atoms with van der Waals surface area (Å²) in [7, 11) is 0. The maximum Gasteiger partial charge on any atom is 0.259 e. The Morgan fingerprint density at radius 1 is 1.25 bits per heavy atom. The molecule has 1 aliphatic carbocycles. The van der Waals surface area contributed by atoms with Gasteiger partial charge in [0, 0.05) is 36.1 Å². The topological polar surface area (TPSA) is 105 Å². The third-order valence-corrected chi connectivity index (χ3v) is 8.47. The molecule has 0 spiro atoms. The molecule has 1 fully saturated rings. The molecule has 0 unspecified atom stereocenters. The number of aromatic nitrogens is 4. The molecule has 0 saturated carbocycles. The largest absolute Gasteiger partial charge is 0.343 e. The number of likely N-dealkylation sites (tertiary alicyclic amines) is 1. The van der Waals surface area contributed by atoms with Gasteiger partial charge in [-0.2, -0.15) is 16.7 Å². The Labute approximate surface area is 194 Å². The van der Waals surface area contributed by atoms with E-state index in [-0.39, 0.29) is 17.4 Å². The van der Waals surface area contributed by atoms with E-state index < -0.39 is 0 Å². The number of rotatable bonds is 6. The van der Waals surface area contributed by atoms with Crippen molar-refractivity contribution < 1.29 is 9.32 Å². The minimum atomic E-state index is -0.0135. The van der Waals surface area contributed by atoms with Crippen molar-refractivity contribution in [3.8, 4) is 0 Å². The lowest BCUT2D eigenvalue weighted by molar-refractivity contribution is -0.131. The van der Waals surface area contributed by atoms with Crippen LogP contribution in [0.3, 0.4) is 0 Å². The fourth-order valence-corrected chi connectivity index (χ4v) is 6.69. The molecule has 0 aromatic carbocycles. The van der Waals surface area contributed by atoms with Gasteiger partial charge in [-0.15, -0.1) is 11.3 Å². The number of thioether (sulfide) groups is 1. The molecule has 3 aromatic rings. The number of hydrogen-bond donors (Lipinski definition) is 1. The van der Waals surface area contributed by atoms with Crippen LogP contribution in [-0.4, -0.2) is 49.8 Å². The highest BCUT2D eigenvalue weighted by Crippen LogP contribution is 2.33. The number of aryl methyl sites for hydroxylation is 3. The van der Waals surface area contributed by atoms with Crippen molar-refractivity contribution in [3.05, 3.63) is 38.3 Å². The zero-order valence-electron chi connectivity index (χ0n) is 18.2. The van der Waals surface area contributed by atoms with Crippen molar-refractivity contribution in [2.24, 2.45) is 0 Å². The number of fused-ring (bicyclic) bond motifs is 3. The average molecular weight is 474 g/mol. The van der Waals surface area contributed by atoms with E-state index in [0.717, 1.165) is 55.4 Å². The number of amides is 1. The van der Waals surface area contributed by atoms with Crippen LogP contribution in [0.2, 0.25) is 0 Å². The molecule has 5 rings (SSSR count). The molecule has 0 atom stereocenters. The Kier molecular flexibility index (Phi) is 6.32. The zero-order valence-corrected chi connectivity index (χ0v) is 19.8. The molecule has 1 N–H and O–H groups in total. The summed E-state index contributed by atoms with van der Waals surface area (Å²) in [5.74, 6) is 3.80. The van der Waals surface area contributed by atoms with Crippen LogP contribution in [0.5, 0.6) is 0 Å². The van der Waals surface area contributed by atoms with E-state index in [4.69, 9.17) is 9.51 Å². The number of aromatic amines is 1. The van der Waals surface area contributed by atoms with Crippen LogP contribution in [0.4, 0.5) is 0 Å². The molecule has 0 bridgehead atoms. The van der Waals surface area contributed by atoms with Gasteiger partial charge in [0.2, 0.25) is 11.8 Å². The minimum Gasteiger partial charge on any atom is -0.343 e. The summed E-state index contributed by atoms with van der Waals surface area (Å²) >= 11 is 3.32. The Morgan fingerprint density at radius 3 is 2.84 bits per heavy atom. The first kappa shape index (κ1) is 21.6. The number of nitrogens with zero attached hydrogens (tertiary/aromatic N) is 4. The van der Waals surface area contributed by atoms with Gasteiger partial charge < -0.3 is 14.4 Å². The van der Waals surface area contributed by atoms with Gasteiger partial charge in [0.25, 0.3) is 5.56 Å². The van der Waals surface area contributed by atoms with E-state index in [2.05, 4.69) is 15.1 Å². The van der Waals surface area contributed by atoms with E-state index in [1.807, 2.05) is 11.8 Å². The monoisotopic (exact) mass is 473 g/mol. The van der Waals surface area contributed by atoms with Crippen molar-refractivity contribution in [2.45, 2.75) is 63.5 Å². The second-order valence-electron chi connectivity index (χ2n) is 8.54. The molecule has 4 heterocycles. The summed E-state index contributed by atoms with van der Waals surface area (Å²) in [4.78, 5) is 41.4. The van der Waals surface area contributed by atoms with Crippen LogP contribution < -0.4 is 5.56 Å². The summed E-state index contributed by atoms with van der Waals surface area (Å²) in [5, 5.41) is 4.66. The second-order valence-corrected chi connectivity index (χ2v) is 10.7. The van der Waals surface area contributed by atoms with E-state index in [1.165, 1.54) is 16.9 Å². The van der Waals surface area contributed by atoms with Crippen molar-refractivity contribution >= 4 is 39.2 Å². The summed E-state index contributed by atoms with van der Waals surface area (Å²) in [6.45, 7) is 3.27. The van der Waals surface area contributed by atoms with Gasteiger partial charge in [0.1, 0.15) is 10.7 Å². The highest BCUT2D eigenvalue weighted by molar-refractivity contribution is 7.98. The van der Waals surface area contributed by atoms with Gasteiger partial charge in [-0.1, -0.05) is 5.16 Å². The third-order valence-electron chi connectivity index (χ3n) is 6.31. The van der Waals surface area contributed by atoms with Crippen LogP contribution in [0.15, 0.2) is 9.32 Å². The van der Waals surface area contributed by atoms with Gasteiger partial charge in [-0.05, 0) is 51.0 Å². The summed E-state index contributed by atoms with van der Waals surface area (Å²) in [6, 6.07) is 0. The maximum atomic E-state index is 12.6. The lowest BCUT2D eigenvalue weighted by Crippen LogP contribution is -2.38. The van der Waals surface area contributed by atoms with Crippen molar-refractivity contribution in [1.82, 2.24) is 25.0 Å². The molecule has 32 heavy (non-hydrogen) atoms. The van der Waals surface area contributed by atoms with Crippen LogP contribution in [0.25, 0.3) is 10.2 Å². The number of piperidine rings is 1. The molecule has 1 amide bonds. The number of carbonyl (C=O) groups excluding carboxylic acids is 1. The SMILES string of the molecule is Cc1noc(C2CCN(C(=O)CCSCc3nc4sc5c(c4c(=O)[nH]3)CCCC5)CC2)n1. The molecular formula is C22H27N5O3S2. The molecule has 3 aromatic heterocycles. The number of hydrogen-bond acceptors (Lipinski definition) is 8. The first-order chi connectivity index (χ1) is 15.6. The zero-order chi connectivity index (χ0) is 22.1. The Morgan fingerprint density at radius 2 is 2.06 bits per heavy atom. The van der Waals surface area contributed by atoms with Crippen LogP contribution >= 0.6 is 23.1 Å². The first-order valence-electron chi connectivity index (χ1n) is 11.3. The van der Waals surface area contributed by atoms with Gasteiger partial charge >= 0.3 is 0 Å². The van der Waals surface area contributed by atoms with E-state index in [0.29, 0.717) is 35.5 Å². The fourth-order valence-electron chi connectivity index (χ4n) is 4.62. The number of thiophene rings is 1. The van der Waals surface area contributed by atoms with E-state index in [1.54, 1.807) is 23.1 Å². The van der Waals surface area contributed by atoms with Crippen molar-refractivity contribution in [1.29, 1.82) is 0 Å². The third kappa shape index (κ3) is 4.47. The molecule has 1 aliphatic heterocycles. The summed E-state index contributed by atoms with van der Waals surface area (Å²) in [5.41, 5.74) is 1.20. The van der Waals surface area contributed by atoms with Gasteiger partial charge in [-0.25, -0.2) is 4.98 Å². The molecule has 170 valence electrons. The van der Waals surface area contributed by atoms with Crippen molar-refractivity contribution in [2.75, 3.05) is 18.8 Å². The first-order valence-corrected chi connectivity index (χ1v) is 13.2. The lowest BCUT2D eigenvalue weighted by atomic mass is 9.96. The van der Waals surface area contributed by atoms with Gasteiger partial charge in [0.15, 0.2) is 5.82 Å². The Balaban J connectivity index is 1.10.